The van der Waals surface area contributed by atoms with Crippen molar-refractivity contribution in [2.45, 2.75) is 32.7 Å². The highest BCUT2D eigenvalue weighted by molar-refractivity contribution is 5.79. The minimum absolute atomic E-state index is 0.0121. The lowest BCUT2D eigenvalue weighted by Gasteiger charge is -2.34. The van der Waals surface area contributed by atoms with Crippen LogP contribution >= 0.6 is 0 Å². The van der Waals surface area contributed by atoms with Crippen molar-refractivity contribution in [2.75, 3.05) is 18.0 Å². The van der Waals surface area contributed by atoms with E-state index in [1.54, 1.807) is 12.1 Å². The van der Waals surface area contributed by atoms with Crippen LogP contribution in [-0.4, -0.2) is 23.9 Å². The Kier molecular flexibility index (Phi) is 6.29. The number of carbonyl (C=O) groups excluding carboxylic acids is 1. The fraction of sp³-hybridized carbons (Fsp3) is 0.409. The fourth-order valence-corrected chi connectivity index (χ4v) is 3.83. The molecule has 0 unspecified atom stereocenters. The van der Waals surface area contributed by atoms with E-state index in [4.69, 9.17) is 0 Å². The maximum absolute atomic E-state index is 12.9. The van der Waals surface area contributed by atoms with Gasteiger partial charge in [-0.1, -0.05) is 56.3 Å². The summed E-state index contributed by atoms with van der Waals surface area (Å²) in [5, 5.41) is 14.5. The van der Waals surface area contributed by atoms with Crippen molar-refractivity contribution in [3.05, 3.63) is 70.3 Å². The Hall–Kier alpha value is -2.89. The Balaban J connectivity index is 1.63. The number of anilines is 1. The first kappa shape index (κ1) is 19.9. The first-order valence-electron chi connectivity index (χ1n) is 9.81. The molecular formula is C22H27N3O3. The maximum Gasteiger partial charge on any atom is 0.292 e. The van der Waals surface area contributed by atoms with Gasteiger partial charge in [-0.15, -0.1) is 0 Å². The van der Waals surface area contributed by atoms with Crippen LogP contribution in [0.4, 0.5) is 11.4 Å². The molecule has 148 valence electrons. The van der Waals surface area contributed by atoms with Gasteiger partial charge in [-0.25, -0.2) is 0 Å². The van der Waals surface area contributed by atoms with E-state index in [-0.39, 0.29) is 28.5 Å². The second kappa shape index (κ2) is 8.87. The number of nitrogens with zero attached hydrogens (tertiary/aromatic N) is 2. The first-order chi connectivity index (χ1) is 13.5. The predicted molar refractivity (Wildman–Crippen MR) is 110 cm³/mol. The summed E-state index contributed by atoms with van der Waals surface area (Å²) in [4.78, 5) is 25.8. The average Bonchev–Trinajstić information content (AvgIpc) is 2.72. The third-order valence-electron chi connectivity index (χ3n) is 5.41. The Morgan fingerprint density at radius 2 is 1.68 bits per heavy atom. The first-order valence-corrected chi connectivity index (χ1v) is 9.81. The number of nitrogens with one attached hydrogen (secondary N) is 1. The Bertz CT molecular complexity index is 815. The summed E-state index contributed by atoms with van der Waals surface area (Å²) >= 11 is 0. The van der Waals surface area contributed by atoms with E-state index in [0.29, 0.717) is 37.5 Å². The van der Waals surface area contributed by atoms with E-state index >= 15 is 0 Å². The summed E-state index contributed by atoms with van der Waals surface area (Å²) in [6.45, 7) is 5.49. The van der Waals surface area contributed by atoms with Crippen LogP contribution in [0.3, 0.4) is 0 Å². The van der Waals surface area contributed by atoms with Gasteiger partial charge in [-0.2, -0.15) is 0 Å². The van der Waals surface area contributed by atoms with Crippen molar-refractivity contribution >= 4 is 17.3 Å². The molecule has 2 aromatic carbocycles. The van der Waals surface area contributed by atoms with Gasteiger partial charge in [0.05, 0.1) is 11.0 Å². The molecule has 1 amide bonds. The highest BCUT2D eigenvalue weighted by Crippen LogP contribution is 2.31. The zero-order valence-corrected chi connectivity index (χ0v) is 16.4. The van der Waals surface area contributed by atoms with Gasteiger partial charge in [0.1, 0.15) is 5.69 Å². The van der Waals surface area contributed by atoms with Crippen LogP contribution in [0.5, 0.6) is 0 Å². The van der Waals surface area contributed by atoms with E-state index in [0.717, 1.165) is 5.56 Å². The van der Waals surface area contributed by atoms with Crippen molar-refractivity contribution in [3.8, 4) is 0 Å². The van der Waals surface area contributed by atoms with Crippen LogP contribution in [0.25, 0.3) is 0 Å². The topological polar surface area (TPSA) is 75.5 Å². The van der Waals surface area contributed by atoms with Gasteiger partial charge in [-0.05, 0) is 30.4 Å². The number of carbonyl (C=O) groups is 1. The van der Waals surface area contributed by atoms with Crippen molar-refractivity contribution in [1.29, 1.82) is 0 Å². The highest BCUT2D eigenvalue weighted by Gasteiger charge is 2.29. The number of hydrogen-bond acceptors (Lipinski definition) is 4. The zero-order chi connectivity index (χ0) is 20.1. The second-order valence-electron chi connectivity index (χ2n) is 7.65. The van der Waals surface area contributed by atoms with E-state index < -0.39 is 0 Å². The van der Waals surface area contributed by atoms with Gasteiger partial charge in [-0.3, -0.25) is 14.9 Å². The van der Waals surface area contributed by atoms with E-state index in [9.17, 15) is 14.9 Å². The monoisotopic (exact) mass is 381 g/mol. The number of benzene rings is 2. The smallest absolute Gasteiger partial charge is 0.292 e. The molecule has 0 saturated carbocycles. The lowest BCUT2D eigenvalue weighted by atomic mass is 9.92. The fourth-order valence-electron chi connectivity index (χ4n) is 3.83. The number of amides is 1. The lowest BCUT2D eigenvalue weighted by Crippen LogP contribution is -2.42. The standard InChI is InChI=1S/C22H27N3O3/c1-16(2)21(17-8-4-3-5-9-17)23-22(26)18-12-14-24(15-13-18)19-10-6-7-11-20(19)25(27)28/h3-11,16,18,21H,12-15H2,1-2H3,(H,23,26)/t21-/m0/s1. The third kappa shape index (κ3) is 4.50. The molecular weight excluding hydrogens is 354 g/mol. The summed E-state index contributed by atoms with van der Waals surface area (Å²) in [5.74, 6) is 0.298. The molecule has 0 radical (unpaired) electrons. The number of rotatable bonds is 6. The van der Waals surface area contributed by atoms with Gasteiger partial charge in [0.2, 0.25) is 5.91 Å². The molecule has 0 bridgehead atoms. The summed E-state index contributed by atoms with van der Waals surface area (Å²) in [6.07, 6.45) is 1.38. The quantitative estimate of drug-likeness (QED) is 0.597. The van der Waals surface area contributed by atoms with Crippen molar-refractivity contribution in [2.24, 2.45) is 11.8 Å². The molecule has 3 rings (SSSR count). The average molecular weight is 381 g/mol. The van der Waals surface area contributed by atoms with Gasteiger partial charge in [0.15, 0.2) is 0 Å². The molecule has 2 aromatic rings. The van der Waals surface area contributed by atoms with Gasteiger partial charge < -0.3 is 10.2 Å². The van der Waals surface area contributed by atoms with Crippen LogP contribution in [0.1, 0.15) is 38.3 Å². The zero-order valence-electron chi connectivity index (χ0n) is 16.4. The molecule has 1 atom stereocenters. The third-order valence-corrected chi connectivity index (χ3v) is 5.41. The molecule has 6 heteroatoms. The lowest BCUT2D eigenvalue weighted by molar-refractivity contribution is -0.384. The molecule has 1 N–H and O–H groups in total. The van der Waals surface area contributed by atoms with E-state index in [1.807, 2.05) is 41.3 Å². The van der Waals surface area contributed by atoms with Gasteiger partial charge >= 0.3 is 0 Å². The normalized spacial score (nSPS) is 16.0. The number of nitro groups is 1. The molecule has 1 saturated heterocycles. The molecule has 1 aliphatic heterocycles. The predicted octanol–water partition coefficient (Wildman–Crippen LogP) is 4.32. The number of para-hydroxylation sites is 2. The number of nitro benzene ring substituents is 1. The van der Waals surface area contributed by atoms with E-state index in [1.165, 1.54) is 6.07 Å². The molecule has 0 spiro atoms. The van der Waals surface area contributed by atoms with Crippen molar-refractivity contribution in [1.82, 2.24) is 5.32 Å². The molecule has 1 aliphatic rings. The van der Waals surface area contributed by atoms with Crippen molar-refractivity contribution < 1.29 is 9.72 Å². The molecule has 1 heterocycles. The Labute approximate surface area is 165 Å². The highest BCUT2D eigenvalue weighted by atomic mass is 16.6. The maximum atomic E-state index is 12.9. The largest absolute Gasteiger partial charge is 0.366 e. The Morgan fingerprint density at radius 3 is 2.29 bits per heavy atom. The summed E-state index contributed by atoms with van der Waals surface area (Å²) in [5.41, 5.74) is 1.87. The summed E-state index contributed by atoms with van der Waals surface area (Å²) in [7, 11) is 0. The minimum Gasteiger partial charge on any atom is -0.366 e. The molecule has 0 aliphatic carbocycles. The SMILES string of the molecule is CC(C)[C@H](NC(=O)C1CCN(c2ccccc2[N+](=O)[O-])CC1)c1ccccc1. The molecule has 0 aromatic heterocycles. The second-order valence-corrected chi connectivity index (χ2v) is 7.65. The van der Waals surface area contributed by atoms with Crippen LogP contribution in [0.2, 0.25) is 0 Å². The van der Waals surface area contributed by atoms with Gasteiger partial charge in [0.25, 0.3) is 5.69 Å². The van der Waals surface area contributed by atoms with Crippen molar-refractivity contribution in [3.63, 3.8) is 0 Å². The minimum atomic E-state index is -0.346. The van der Waals surface area contributed by atoms with Crippen LogP contribution < -0.4 is 10.2 Å². The molecule has 28 heavy (non-hydrogen) atoms. The molecule has 6 nitrogen and oxygen atoms in total. The van der Waals surface area contributed by atoms with E-state index in [2.05, 4.69) is 19.2 Å². The summed E-state index contributed by atoms with van der Waals surface area (Å²) < 4.78 is 0. The molecule has 1 fully saturated rings. The van der Waals surface area contributed by atoms with Crippen LogP contribution in [-0.2, 0) is 4.79 Å². The van der Waals surface area contributed by atoms with Gasteiger partial charge in [0, 0.05) is 25.1 Å². The Morgan fingerprint density at radius 1 is 1.07 bits per heavy atom. The number of piperidine rings is 1. The summed E-state index contributed by atoms with van der Waals surface area (Å²) in [6, 6.07) is 16.8. The van der Waals surface area contributed by atoms with Crippen LogP contribution in [0.15, 0.2) is 54.6 Å². The van der Waals surface area contributed by atoms with Crippen LogP contribution in [0, 0.1) is 22.0 Å². The number of hydrogen-bond donors (Lipinski definition) is 1.